The van der Waals surface area contributed by atoms with E-state index in [1.807, 2.05) is 18.2 Å². The van der Waals surface area contributed by atoms with Crippen molar-refractivity contribution >= 4 is 11.9 Å². The van der Waals surface area contributed by atoms with Crippen LogP contribution in [0.2, 0.25) is 0 Å². The summed E-state index contributed by atoms with van der Waals surface area (Å²) in [6.07, 6.45) is 4.39. The number of aliphatic carboxylic acids is 1. The van der Waals surface area contributed by atoms with Crippen molar-refractivity contribution in [3.63, 3.8) is 0 Å². The van der Waals surface area contributed by atoms with Gasteiger partial charge in [0.25, 0.3) is 5.91 Å². The number of carbonyl (C=O) groups is 2. The second kappa shape index (κ2) is 5.51. The predicted molar refractivity (Wildman–Crippen MR) is 79.3 cm³/mol. The van der Waals surface area contributed by atoms with Crippen LogP contribution < -0.4 is 0 Å². The summed E-state index contributed by atoms with van der Waals surface area (Å²) < 4.78 is 0. The SMILES string of the molecule is CC(CN(C(=O)c1cccc(C2CC2)c1)C1CC1)C(=O)O. The first kappa shape index (κ1) is 14.1. The quantitative estimate of drug-likeness (QED) is 0.875. The summed E-state index contributed by atoms with van der Waals surface area (Å²) in [6, 6.07) is 8.07. The van der Waals surface area contributed by atoms with Gasteiger partial charge in [-0.1, -0.05) is 19.1 Å². The third-order valence-corrected chi connectivity index (χ3v) is 4.32. The number of carboxylic acid groups (broad SMARTS) is 1. The maximum Gasteiger partial charge on any atom is 0.308 e. The summed E-state index contributed by atoms with van der Waals surface area (Å²) in [5.41, 5.74) is 1.94. The average molecular weight is 287 g/mol. The number of nitrogens with zero attached hydrogens (tertiary/aromatic N) is 1. The summed E-state index contributed by atoms with van der Waals surface area (Å²) in [5, 5.41) is 9.07. The van der Waals surface area contributed by atoms with Gasteiger partial charge >= 0.3 is 5.97 Å². The first-order valence-electron chi connectivity index (χ1n) is 7.70. The molecule has 112 valence electrons. The molecule has 2 aliphatic rings. The standard InChI is InChI=1S/C17H21NO3/c1-11(17(20)21)10-18(15-7-8-15)16(19)14-4-2-3-13(9-14)12-5-6-12/h2-4,9,11-12,15H,5-8,10H2,1H3,(H,20,21). The smallest absolute Gasteiger partial charge is 0.308 e. The number of carboxylic acids is 1. The molecular weight excluding hydrogens is 266 g/mol. The minimum Gasteiger partial charge on any atom is -0.481 e. The first-order chi connectivity index (χ1) is 10.1. The van der Waals surface area contributed by atoms with Crippen molar-refractivity contribution in [2.75, 3.05) is 6.54 Å². The lowest BCUT2D eigenvalue weighted by atomic mass is 10.1. The van der Waals surface area contributed by atoms with Crippen molar-refractivity contribution < 1.29 is 14.7 Å². The fourth-order valence-corrected chi connectivity index (χ4v) is 2.67. The number of benzene rings is 1. The molecule has 1 aromatic rings. The molecule has 1 unspecified atom stereocenters. The van der Waals surface area contributed by atoms with Crippen LogP contribution in [0.15, 0.2) is 24.3 Å². The van der Waals surface area contributed by atoms with Crippen LogP contribution in [-0.4, -0.2) is 34.5 Å². The van der Waals surface area contributed by atoms with Gasteiger partial charge in [-0.3, -0.25) is 9.59 Å². The molecule has 4 nitrogen and oxygen atoms in total. The normalized spacial score (nSPS) is 19.1. The molecule has 0 saturated heterocycles. The van der Waals surface area contributed by atoms with Gasteiger partial charge in [0.05, 0.1) is 5.92 Å². The number of rotatable bonds is 6. The Labute approximate surface area is 124 Å². The van der Waals surface area contributed by atoms with E-state index < -0.39 is 11.9 Å². The van der Waals surface area contributed by atoms with Crippen LogP contribution >= 0.6 is 0 Å². The lowest BCUT2D eigenvalue weighted by molar-refractivity contribution is -0.141. The second-order valence-electron chi connectivity index (χ2n) is 6.33. The summed E-state index contributed by atoms with van der Waals surface area (Å²) in [7, 11) is 0. The van der Waals surface area contributed by atoms with E-state index in [9.17, 15) is 9.59 Å². The van der Waals surface area contributed by atoms with E-state index in [0.29, 0.717) is 18.0 Å². The third kappa shape index (κ3) is 3.26. The maximum absolute atomic E-state index is 12.7. The molecule has 0 bridgehead atoms. The highest BCUT2D eigenvalue weighted by molar-refractivity contribution is 5.95. The van der Waals surface area contributed by atoms with Crippen LogP contribution in [0.4, 0.5) is 0 Å². The van der Waals surface area contributed by atoms with Crippen molar-refractivity contribution in [1.82, 2.24) is 4.90 Å². The highest BCUT2D eigenvalue weighted by Gasteiger charge is 2.35. The second-order valence-corrected chi connectivity index (χ2v) is 6.33. The molecule has 2 aliphatic carbocycles. The van der Waals surface area contributed by atoms with Crippen LogP contribution in [-0.2, 0) is 4.79 Å². The molecular formula is C17H21NO3. The first-order valence-corrected chi connectivity index (χ1v) is 7.70. The Kier molecular flexibility index (Phi) is 3.70. The van der Waals surface area contributed by atoms with Gasteiger partial charge in [0.15, 0.2) is 0 Å². The number of hydrogen-bond acceptors (Lipinski definition) is 2. The molecule has 0 spiro atoms. The zero-order valence-electron chi connectivity index (χ0n) is 12.3. The van der Waals surface area contributed by atoms with E-state index in [1.54, 1.807) is 11.8 Å². The number of amides is 1. The molecule has 2 saturated carbocycles. The Morgan fingerprint density at radius 3 is 2.57 bits per heavy atom. The van der Waals surface area contributed by atoms with Crippen molar-refractivity contribution in [2.45, 2.75) is 44.6 Å². The highest BCUT2D eigenvalue weighted by Crippen LogP contribution is 2.40. The van der Waals surface area contributed by atoms with Crippen LogP contribution in [0.5, 0.6) is 0 Å². The van der Waals surface area contributed by atoms with Crippen LogP contribution in [0, 0.1) is 5.92 Å². The summed E-state index contributed by atoms with van der Waals surface area (Å²) in [5.74, 6) is -0.778. The van der Waals surface area contributed by atoms with Gasteiger partial charge in [-0.25, -0.2) is 0 Å². The average Bonchev–Trinajstić information content (AvgIpc) is 3.36. The van der Waals surface area contributed by atoms with E-state index in [-0.39, 0.29) is 11.9 Å². The third-order valence-electron chi connectivity index (χ3n) is 4.32. The van der Waals surface area contributed by atoms with Gasteiger partial charge in [-0.2, -0.15) is 0 Å². The summed E-state index contributed by atoms with van der Waals surface area (Å²) in [4.78, 5) is 25.5. The van der Waals surface area contributed by atoms with Gasteiger partial charge in [-0.05, 0) is 49.3 Å². The molecule has 1 aromatic carbocycles. The van der Waals surface area contributed by atoms with Gasteiger partial charge in [-0.15, -0.1) is 0 Å². The van der Waals surface area contributed by atoms with Crippen LogP contribution in [0.25, 0.3) is 0 Å². The molecule has 1 N–H and O–H groups in total. The van der Waals surface area contributed by atoms with Crippen molar-refractivity contribution in [3.8, 4) is 0 Å². The zero-order valence-corrected chi connectivity index (χ0v) is 12.3. The minimum absolute atomic E-state index is 0.0203. The molecule has 21 heavy (non-hydrogen) atoms. The fourth-order valence-electron chi connectivity index (χ4n) is 2.67. The van der Waals surface area contributed by atoms with Crippen LogP contribution in [0.1, 0.15) is 54.4 Å². The minimum atomic E-state index is -0.847. The van der Waals surface area contributed by atoms with E-state index in [4.69, 9.17) is 5.11 Å². The Bertz CT molecular complexity index is 561. The van der Waals surface area contributed by atoms with E-state index >= 15 is 0 Å². The Balaban J connectivity index is 1.77. The molecule has 0 heterocycles. The summed E-state index contributed by atoms with van der Waals surface area (Å²) in [6.45, 7) is 1.96. The molecule has 0 aromatic heterocycles. The number of hydrogen-bond donors (Lipinski definition) is 1. The van der Waals surface area contributed by atoms with Gasteiger partial charge < -0.3 is 10.0 Å². The largest absolute Gasteiger partial charge is 0.481 e. The van der Waals surface area contributed by atoms with Crippen molar-refractivity contribution in [1.29, 1.82) is 0 Å². The predicted octanol–water partition coefficient (Wildman–Crippen LogP) is 2.89. The molecule has 2 fully saturated rings. The molecule has 4 heteroatoms. The highest BCUT2D eigenvalue weighted by atomic mass is 16.4. The Morgan fingerprint density at radius 2 is 2.00 bits per heavy atom. The topological polar surface area (TPSA) is 57.6 Å². The maximum atomic E-state index is 12.7. The van der Waals surface area contributed by atoms with Crippen molar-refractivity contribution in [3.05, 3.63) is 35.4 Å². The van der Waals surface area contributed by atoms with E-state index in [2.05, 4.69) is 6.07 Å². The molecule has 0 radical (unpaired) electrons. The lowest BCUT2D eigenvalue weighted by Crippen LogP contribution is -2.38. The fraction of sp³-hybridized carbons (Fsp3) is 0.529. The Morgan fingerprint density at radius 1 is 1.29 bits per heavy atom. The summed E-state index contributed by atoms with van der Waals surface area (Å²) >= 11 is 0. The molecule has 1 atom stereocenters. The Hall–Kier alpha value is -1.84. The van der Waals surface area contributed by atoms with Crippen molar-refractivity contribution in [2.24, 2.45) is 5.92 Å². The van der Waals surface area contributed by atoms with Gasteiger partial charge in [0.2, 0.25) is 0 Å². The number of carbonyl (C=O) groups excluding carboxylic acids is 1. The van der Waals surface area contributed by atoms with Crippen LogP contribution in [0.3, 0.4) is 0 Å². The molecule has 1 amide bonds. The lowest BCUT2D eigenvalue weighted by Gasteiger charge is -2.24. The van der Waals surface area contributed by atoms with E-state index in [0.717, 1.165) is 12.8 Å². The van der Waals surface area contributed by atoms with Gasteiger partial charge in [0, 0.05) is 18.2 Å². The zero-order chi connectivity index (χ0) is 15.0. The molecule has 3 rings (SSSR count). The monoisotopic (exact) mass is 287 g/mol. The van der Waals surface area contributed by atoms with E-state index in [1.165, 1.54) is 18.4 Å². The van der Waals surface area contributed by atoms with Gasteiger partial charge in [0.1, 0.15) is 0 Å². The molecule has 0 aliphatic heterocycles.